The number of fused-ring (bicyclic) bond motifs is 1. The van der Waals surface area contributed by atoms with Crippen molar-refractivity contribution in [2.75, 3.05) is 7.11 Å². The number of nitrogens with one attached hydrogen (secondary N) is 1. The molecule has 0 amide bonds. The minimum atomic E-state index is 0.612. The fourth-order valence-corrected chi connectivity index (χ4v) is 1.75. The Morgan fingerprint density at radius 3 is 3.00 bits per heavy atom. The molecule has 0 aliphatic heterocycles. The fourth-order valence-electron chi connectivity index (χ4n) is 1.75. The first-order chi connectivity index (χ1) is 7.88. The van der Waals surface area contributed by atoms with Gasteiger partial charge in [0.25, 0.3) is 0 Å². The molecular formula is C12H10N2O2. The second-order valence-electron chi connectivity index (χ2n) is 3.47. The van der Waals surface area contributed by atoms with Gasteiger partial charge in [0.15, 0.2) is 0 Å². The van der Waals surface area contributed by atoms with Crippen LogP contribution >= 0.6 is 0 Å². The largest absolute Gasteiger partial charge is 0.480 e. The van der Waals surface area contributed by atoms with Gasteiger partial charge in [-0.05, 0) is 24.3 Å². The molecule has 16 heavy (non-hydrogen) atoms. The topological polar surface area (TPSA) is 51.0 Å². The normalized spacial score (nSPS) is 10.8. The Labute approximate surface area is 91.8 Å². The molecule has 2 aromatic heterocycles. The molecule has 0 saturated heterocycles. The van der Waals surface area contributed by atoms with Crippen molar-refractivity contribution < 1.29 is 9.15 Å². The van der Waals surface area contributed by atoms with Crippen LogP contribution in [-0.4, -0.2) is 17.3 Å². The van der Waals surface area contributed by atoms with Crippen LogP contribution in [0.2, 0.25) is 0 Å². The minimum Gasteiger partial charge on any atom is -0.480 e. The molecule has 1 aromatic carbocycles. The molecule has 0 aliphatic carbocycles. The van der Waals surface area contributed by atoms with Crippen molar-refractivity contribution in [2.24, 2.45) is 0 Å². The summed E-state index contributed by atoms with van der Waals surface area (Å²) in [5.74, 6) is 1.46. The predicted octanol–water partition coefficient (Wildman–Crippen LogP) is 2.83. The summed E-state index contributed by atoms with van der Waals surface area (Å²) in [7, 11) is 1.61. The smallest absolute Gasteiger partial charge is 0.240 e. The highest BCUT2D eigenvalue weighted by atomic mass is 16.5. The van der Waals surface area contributed by atoms with E-state index in [9.17, 15) is 0 Å². The van der Waals surface area contributed by atoms with Crippen LogP contribution in [0.15, 0.2) is 41.0 Å². The predicted molar refractivity (Wildman–Crippen MR) is 60.3 cm³/mol. The van der Waals surface area contributed by atoms with E-state index in [2.05, 4.69) is 10.2 Å². The highest BCUT2D eigenvalue weighted by Gasteiger charge is 2.07. The van der Waals surface area contributed by atoms with Crippen LogP contribution < -0.4 is 4.74 Å². The number of rotatable bonds is 2. The molecule has 0 bridgehead atoms. The lowest BCUT2D eigenvalue weighted by molar-refractivity contribution is 0.401. The molecule has 2 heterocycles. The third-order valence-corrected chi connectivity index (χ3v) is 2.53. The standard InChI is InChI=1S/C12H10N2O2/c1-15-12-9-5-4-8(7-10(9)13-14-12)11-3-2-6-16-11/h2-7H,1H3,(H,13,14). The number of benzene rings is 1. The van der Waals surface area contributed by atoms with Gasteiger partial charge in [-0.2, -0.15) is 0 Å². The zero-order chi connectivity index (χ0) is 11.0. The molecular weight excluding hydrogens is 204 g/mol. The monoisotopic (exact) mass is 214 g/mol. The Morgan fingerprint density at radius 1 is 1.31 bits per heavy atom. The summed E-state index contributed by atoms with van der Waals surface area (Å²) in [6.07, 6.45) is 1.66. The number of aromatic amines is 1. The quantitative estimate of drug-likeness (QED) is 0.713. The van der Waals surface area contributed by atoms with Crippen molar-refractivity contribution in [3.63, 3.8) is 0 Å². The summed E-state index contributed by atoms with van der Waals surface area (Å²) in [5.41, 5.74) is 1.95. The van der Waals surface area contributed by atoms with Crippen LogP contribution in [0.25, 0.3) is 22.2 Å². The average Bonchev–Trinajstić information content (AvgIpc) is 2.97. The lowest BCUT2D eigenvalue weighted by Crippen LogP contribution is -1.81. The molecule has 0 fully saturated rings. The molecule has 3 aromatic rings. The van der Waals surface area contributed by atoms with Crippen LogP contribution in [0.4, 0.5) is 0 Å². The molecule has 3 rings (SSSR count). The van der Waals surface area contributed by atoms with Crippen molar-refractivity contribution in [1.82, 2.24) is 10.2 Å². The number of hydrogen-bond acceptors (Lipinski definition) is 3. The van der Waals surface area contributed by atoms with Crippen molar-refractivity contribution in [3.05, 3.63) is 36.6 Å². The Kier molecular flexibility index (Phi) is 1.93. The van der Waals surface area contributed by atoms with E-state index < -0.39 is 0 Å². The van der Waals surface area contributed by atoms with Gasteiger partial charge in [0.05, 0.1) is 24.3 Å². The Balaban J connectivity index is 2.17. The van der Waals surface area contributed by atoms with Crippen LogP contribution in [0.1, 0.15) is 0 Å². The molecule has 4 nitrogen and oxygen atoms in total. The molecule has 80 valence electrons. The van der Waals surface area contributed by atoms with Gasteiger partial charge < -0.3 is 9.15 Å². The third-order valence-electron chi connectivity index (χ3n) is 2.53. The summed E-state index contributed by atoms with van der Waals surface area (Å²) in [6, 6.07) is 9.74. The van der Waals surface area contributed by atoms with Crippen LogP contribution in [0.5, 0.6) is 5.88 Å². The number of H-pyrrole nitrogens is 1. The summed E-state index contributed by atoms with van der Waals surface area (Å²) in [4.78, 5) is 0. The van der Waals surface area contributed by atoms with Gasteiger partial charge in [-0.15, -0.1) is 5.10 Å². The van der Waals surface area contributed by atoms with E-state index in [4.69, 9.17) is 9.15 Å². The molecule has 1 N–H and O–H groups in total. The lowest BCUT2D eigenvalue weighted by atomic mass is 10.1. The maximum absolute atomic E-state index is 5.34. The molecule has 0 aliphatic rings. The molecule has 0 radical (unpaired) electrons. The lowest BCUT2D eigenvalue weighted by Gasteiger charge is -1.97. The molecule has 0 spiro atoms. The van der Waals surface area contributed by atoms with Gasteiger partial charge in [0, 0.05) is 5.56 Å². The fraction of sp³-hybridized carbons (Fsp3) is 0.0833. The zero-order valence-corrected chi connectivity index (χ0v) is 8.73. The van der Waals surface area contributed by atoms with Crippen molar-refractivity contribution in [2.45, 2.75) is 0 Å². The van der Waals surface area contributed by atoms with Gasteiger partial charge in [-0.1, -0.05) is 6.07 Å². The SMILES string of the molecule is COc1n[nH]c2cc(-c3ccco3)ccc12. The number of hydrogen-bond donors (Lipinski definition) is 1. The van der Waals surface area contributed by atoms with Crippen LogP contribution in [-0.2, 0) is 0 Å². The Bertz CT molecular complexity index is 611. The molecule has 0 atom stereocenters. The summed E-state index contributed by atoms with van der Waals surface area (Å²) in [5, 5.41) is 7.95. The van der Waals surface area contributed by atoms with Crippen LogP contribution in [0, 0.1) is 0 Å². The summed E-state index contributed by atoms with van der Waals surface area (Å²) in [6.45, 7) is 0. The van der Waals surface area contributed by atoms with Crippen molar-refractivity contribution in [1.29, 1.82) is 0 Å². The zero-order valence-electron chi connectivity index (χ0n) is 8.73. The second kappa shape index (κ2) is 3.41. The number of methoxy groups -OCH3 is 1. The Hall–Kier alpha value is -2.23. The molecule has 0 unspecified atom stereocenters. The maximum atomic E-state index is 5.34. The first-order valence-corrected chi connectivity index (χ1v) is 4.94. The van der Waals surface area contributed by atoms with Gasteiger partial charge in [-0.25, -0.2) is 0 Å². The van der Waals surface area contributed by atoms with Crippen LogP contribution in [0.3, 0.4) is 0 Å². The van der Waals surface area contributed by atoms with Gasteiger partial charge in [0.1, 0.15) is 5.76 Å². The second-order valence-corrected chi connectivity index (χ2v) is 3.47. The summed E-state index contributed by atoms with van der Waals surface area (Å²) < 4.78 is 10.5. The molecule has 0 saturated carbocycles. The number of ether oxygens (including phenoxy) is 1. The van der Waals surface area contributed by atoms with E-state index in [1.807, 2.05) is 30.3 Å². The van der Waals surface area contributed by atoms with E-state index in [1.54, 1.807) is 13.4 Å². The Morgan fingerprint density at radius 2 is 2.25 bits per heavy atom. The maximum Gasteiger partial charge on any atom is 0.240 e. The number of aromatic nitrogens is 2. The minimum absolute atomic E-state index is 0.612. The van der Waals surface area contributed by atoms with Crippen molar-refractivity contribution >= 4 is 10.9 Å². The molecule has 4 heteroatoms. The van der Waals surface area contributed by atoms with E-state index in [-0.39, 0.29) is 0 Å². The van der Waals surface area contributed by atoms with Gasteiger partial charge in [-0.3, -0.25) is 5.10 Å². The average molecular weight is 214 g/mol. The summed E-state index contributed by atoms with van der Waals surface area (Å²) >= 11 is 0. The highest BCUT2D eigenvalue weighted by molar-refractivity contribution is 5.87. The van der Waals surface area contributed by atoms with Crippen molar-refractivity contribution in [3.8, 4) is 17.2 Å². The van der Waals surface area contributed by atoms with E-state index >= 15 is 0 Å². The highest BCUT2D eigenvalue weighted by Crippen LogP contribution is 2.27. The first-order valence-electron chi connectivity index (χ1n) is 4.94. The first kappa shape index (κ1) is 9.03. The van der Waals surface area contributed by atoms with E-state index in [0.29, 0.717) is 5.88 Å². The number of furan rings is 1. The van der Waals surface area contributed by atoms with Gasteiger partial charge in [0.2, 0.25) is 5.88 Å². The van der Waals surface area contributed by atoms with E-state index in [0.717, 1.165) is 22.2 Å². The third kappa shape index (κ3) is 1.27. The number of nitrogens with zero attached hydrogens (tertiary/aromatic N) is 1. The van der Waals surface area contributed by atoms with Gasteiger partial charge >= 0.3 is 0 Å². The van der Waals surface area contributed by atoms with E-state index in [1.165, 1.54) is 0 Å².